The number of sulfonamides is 1. The maximum Gasteiger partial charge on any atom is 0.240 e. The summed E-state index contributed by atoms with van der Waals surface area (Å²) in [6.45, 7) is 0.707. The van der Waals surface area contributed by atoms with Crippen molar-refractivity contribution in [2.75, 3.05) is 43.5 Å². The van der Waals surface area contributed by atoms with Crippen LogP contribution >= 0.6 is 0 Å². The van der Waals surface area contributed by atoms with Crippen molar-refractivity contribution >= 4 is 21.6 Å². The molecule has 0 atom stereocenters. The number of nitrogens with zero attached hydrogens (tertiary/aromatic N) is 1. The summed E-state index contributed by atoms with van der Waals surface area (Å²) in [6, 6.07) is 10.2. The number of halogens is 1. The highest BCUT2D eigenvalue weighted by Gasteiger charge is 2.23. The highest BCUT2D eigenvalue weighted by molar-refractivity contribution is 7.92. The van der Waals surface area contributed by atoms with E-state index in [0.717, 1.165) is 10.6 Å². The Hall–Kier alpha value is -3.01. The minimum absolute atomic E-state index is 0.153. The first-order chi connectivity index (χ1) is 13.8. The summed E-state index contributed by atoms with van der Waals surface area (Å²) >= 11 is 0. The van der Waals surface area contributed by atoms with E-state index >= 15 is 0 Å². The molecule has 2 aromatic rings. The molecule has 0 unspecified atom stereocenters. The van der Waals surface area contributed by atoms with E-state index in [1.165, 1.54) is 30.3 Å². The van der Waals surface area contributed by atoms with Gasteiger partial charge >= 0.3 is 0 Å². The molecule has 0 bridgehead atoms. The maximum atomic E-state index is 12.9. The predicted molar refractivity (Wildman–Crippen MR) is 105 cm³/mol. The van der Waals surface area contributed by atoms with E-state index < -0.39 is 22.5 Å². The quantitative estimate of drug-likeness (QED) is 0.647. The van der Waals surface area contributed by atoms with Crippen molar-refractivity contribution in [1.29, 1.82) is 0 Å². The highest BCUT2D eigenvalue weighted by Crippen LogP contribution is 2.34. The lowest BCUT2D eigenvalue weighted by molar-refractivity contribution is -0.119. The van der Waals surface area contributed by atoms with E-state index in [9.17, 15) is 17.6 Å². The molecule has 0 aliphatic carbocycles. The van der Waals surface area contributed by atoms with Crippen LogP contribution in [-0.2, 0) is 14.8 Å². The Kier molecular flexibility index (Phi) is 6.42. The summed E-state index contributed by atoms with van der Waals surface area (Å²) < 4.78 is 54.5. The van der Waals surface area contributed by atoms with E-state index in [-0.39, 0.29) is 19.0 Å². The van der Waals surface area contributed by atoms with Crippen molar-refractivity contribution in [2.45, 2.75) is 0 Å². The summed E-state index contributed by atoms with van der Waals surface area (Å²) in [7, 11) is -3.71. The Morgan fingerprint density at radius 2 is 1.83 bits per heavy atom. The van der Waals surface area contributed by atoms with Crippen molar-refractivity contribution in [3.63, 3.8) is 0 Å². The molecule has 0 saturated heterocycles. The van der Waals surface area contributed by atoms with Gasteiger partial charge in [-0.15, -0.1) is 0 Å². The Morgan fingerprint density at radius 1 is 1.14 bits per heavy atom. The van der Waals surface area contributed by atoms with Gasteiger partial charge in [0.05, 0.1) is 18.5 Å². The number of nitrogens with one attached hydrogen (secondary N) is 1. The molecule has 29 heavy (non-hydrogen) atoms. The molecule has 10 heteroatoms. The van der Waals surface area contributed by atoms with Gasteiger partial charge in [0.1, 0.15) is 37.9 Å². The second-order valence-corrected chi connectivity index (χ2v) is 8.16. The number of carbonyl (C=O) groups is 1. The first-order valence-corrected chi connectivity index (χ1v) is 10.7. The van der Waals surface area contributed by atoms with Crippen LogP contribution in [0.15, 0.2) is 42.5 Å². The van der Waals surface area contributed by atoms with Crippen molar-refractivity contribution < 1.29 is 31.8 Å². The molecule has 0 aromatic heterocycles. The first-order valence-electron chi connectivity index (χ1n) is 8.85. The monoisotopic (exact) mass is 424 g/mol. The summed E-state index contributed by atoms with van der Waals surface area (Å²) in [5.74, 6) is 0.555. The predicted octanol–water partition coefficient (Wildman–Crippen LogP) is 1.56. The van der Waals surface area contributed by atoms with Crippen LogP contribution in [0.3, 0.4) is 0 Å². The third-order valence-electron chi connectivity index (χ3n) is 4.01. The minimum atomic E-state index is -3.71. The van der Waals surface area contributed by atoms with E-state index in [2.05, 4.69) is 5.32 Å². The minimum Gasteiger partial charge on any atom is -0.492 e. The zero-order chi connectivity index (χ0) is 20.9. The molecule has 0 radical (unpaired) electrons. The zero-order valence-corrected chi connectivity index (χ0v) is 16.6. The van der Waals surface area contributed by atoms with Gasteiger partial charge in [0, 0.05) is 6.07 Å². The Bertz CT molecular complexity index is 965. The molecule has 0 fully saturated rings. The smallest absolute Gasteiger partial charge is 0.240 e. The van der Waals surface area contributed by atoms with Gasteiger partial charge in [-0.3, -0.25) is 9.10 Å². The second kappa shape index (κ2) is 8.99. The van der Waals surface area contributed by atoms with Crippen LogP contribution in [0.25, 0.3) is 0 Å². The third-order valence-corrected chi connectivity index (χ3v) is 5.15. The summed E-state index contributed by atoms with van der Waals surface area (Å²) in [5, 5.41) is 2.60. The molecular weight excluding hydrogens is 403 g/mol. The van der Waals surface area contributed by atoms with E-state index in [0.29, 0.717) is 36.1 Å². The van der Waals surface area contributed by atoms with E-state index in [4.69, 9.17) is 14.2 Å². The van der Waals surface area contributed by atoms with Gasteiger partial charge in [-0.05, 0) is 36.4 Å². The van der Waals surface area contributed by atoms with Crippen LogP contribution in [0.5, 0.6) is 17.2 Å². The van der Waals surface area contributed by atoms with Crippen LogP contribution in [0.4, 0.5) is 10.1 Å². The maximum absolute atomic E-state index is 12.9. The largest absolute Gasteiger partial charge is 0.492 e. The van der Waals surface area contributed by atoms with Crippen molar-refractivity contribution in [2.24, 2.45) is 0 Å². The molecule has 0 saturated carbocycles. The Labute approximate surface area is 168 Å². The van der Waals surface area contributed by atoms with E-state index in [1.807, 2.05) is 0 Å². The lowest BCUT2D eigenvalue weighted by Crippen LogP contribution is -2.41. The fraction of sp³-hybridized carbons (Fsp3) is 0.316. The zero-order valence-electron chi connectivity index (χ0n) is 15.8. The molecule has 1 N–H and O–H groups in total. The molecule has 3 rings (SSSR count). The standard InChI is InChI=1S/C19H21FN2O6S/c1-29(24,25)22(15-4-7-17-18(12-15)28-11-10-27-17)13-19(23)21-8-9-26-16-5-2-14(20)3-6-16/h2-7,12H,8-11,13H2,1H3,(H,21,23). The summed E-state index contributed by atoms with van der Waals surface area (Å²) in [5.41, 5.74) is 0.300. The number of hydrogen-bond acceptors (Lipinski definition) is 6. The van der Waals surface area contributed by atoms with Gasteiger partial charge in [-0.25, -0.2) is 12.8 Å². The molecule has 0 spiro atoms. The van der Waals surface area contributed by atoms with Crippen LogP contribution < -0.4 is 23.8 Å². The molecule has 1 heterocycles. The number of amides is 1. The van der Waals surface area contributed by atoms with Crippen LogP contribution in [-0.4, -0.2) is 53.5 Å². The van der Waals surface area contributed by atoms with Gasteiger partial charge < -0.3 is 19.5 Å². The topological polar surface area (TPSA) is 94.2 Å². The number of fused-ring (bicyclic) bond motifs is 1. The lowest BCUT2D eigenvalue weighted by atomic mass is 10.2. The summed E-state index contributed by atoms with van der Waals surface area (Å²) in [4.78, 5) is 12.2. The normalized spacial score (nSPS) is 12.9. The number of benzene rings is 2. The van der Waals surface area contributed by atoms with Crippen molar-refractivity contribution in [3.05, 3.63) is 48.3 Å². The number of rotatable bonds is 8. The van der Waals surface area contributed by atoms with Crippen LogP contribution in [0.2, 0.25) is 0 Å². The van der Waals surface area contributed by atoms with Gasteiger partial charge in [0.15, 0.2) is 11.5 Å². The SMILES string of the molecule is CS(=O)(=O)N(CC(=O)NCCOc1ccc(F)cc1)c1ccc2c(c1)OCCO2. The number of hydrogen-bond donors (Lipinski definition) is 1. The first kappa shape index (κ1) is 20.7. The third kappa shape index (κ3) is 5.74. The molecule has 1 aliphatic rings. The van der Waals surface area contributed by atoms with Crippen molar-refractivity contribution in [1.82, 2.24) is 5.32 Å². The van der Waals surface area contributed by atoms with Gasteiger partial charge in [0.25, 0.3) is 0 Å². The van der Waals surface area contributed by atoms with Gasteiger partial charge in [0.2, 0.25) is 15.9 Å². The Morgan fingerprint density at radius 3 is 2.52 bits per heavy atom. The Balaban J connectivity index is 1.57. The van der Waals surface area contributed by atoms with E-state index in [1.54, 1.807) is 12.1 Å². The molecule has 1 amide bonds. The number of ether oxygens (including phenoxy) is 3. The second-order valence-electron chi connectivity index (χ2n) is 6.25. The number of carbonyl (C=O) groups excluding carboxylic acids is 1. The fourth-order valence-electron chi connectivity index (χ4n) is 2.66. The molecule has 156 valence electrons. The molecule has 8 nitrogen and oxygen atoms in total. The van der Waals surface area contributed by atoms with Crippen LogP contribution in [0, 0.1) is 5.82 Å². The average Bonchev–Trinajstić information content (AvgIpc) is 2.69. The lowest BCUT2D eigenvalue weighted by Gasteiger charge is -2.24. The fourth-order valence-corrected chi connectivity index (χ4v) is 3.51. The molecule has 1 aliphatic heterocycles. The molecule has 2 aromatic carbocycles. The highest BCUT2D eigenvalue weighted by atomic mass is 32.2. The van der Waals surface area contributed by atoms with Gasteiger partial charge in [-0.2, -0.15) is 0 Å². The van der Waals surface area contributed by atoms with Crippen molar-refractivity contribution in [3.8, 4) is 17.2 Å². The number of anilines is 1. The van der Waals surface area contributed by atoms with Gasteiger partial charge in [-0.1, -0.05) is 0 Å². The average molecular weight is 424 g/mol. The van der Waals surface area contributed by atoms with Crippen LogP contribution in [0.1, 0.15) is 0 Å². The molecular formula is C19H21FN2O6S. The summed E-state index contributed by atoms with van der Waals surface area (Å²) in [6.07, 6.45) is 1.02.